The molecule has 0 saturated carbocycles. The Kier molecular flexibility index (Phi) is 5.83. The fraction of sp³-hybridized carbons (Fsp3) is 0.269. The van der Waals surface area contributed by atoms with Crippen LogP contribution in [0.4, 0.5) is 0 Å². The number of benzene rings is 3. The number of ether oxygens (including phenoxy) is 1. The van der Waals surface area contributed by atoms with E-state index in [9.17, 15) is 0 Å². The van der Waals surface area contributed by atoms with E-state index in [0.29, 0.717) is 6.61 Å². The van der Waals surface area contributed by atoms with E-state index in [1.54, 1.807) is 0 Å². The Morgan fingerprint density at radius 1 is 0.900 bits per heavy atom. The summed E-state index contributed by atoms with van der Waals surface area (Å²) in [5.74, 6) is 1.93. The minimum atomic E-state index is 0.144. The highest BCUT2D eigenvalue weighted by Crippen LogP contribution is 2.24. The van der Waals surface area contributed by atoms with Gasteiger partial charge in [-0.2, -0.15) is 0 Å². The van der Waals surface area contributed by atoms with Crippen molar-refractivity contribution in [2.75, 3.05) is 6.61 Å². The van der Waals surface area contributed by atoms with Gasteiger partial charge in [-0.3, -0.25) is 0 Å². The van der Waals surface area contributed by atoms with Crippen LogP contribution in [0, 0.1) is 0 Å². The second kappa shape index (κ2) is 8.53. The van der Waals surface area contributed by atoms with Gasteiger partial charge in [0.1, 0.15) is 18.2 Å². The molecule has 1 aromatic heterocycles. The van der Waals surface area contributed by atoms with Crippen LogP contribution in [0.2, 0.25) is 5.02 Å². The predicted molar refractivity (Wildman–Crippen MR) is 125 cm³/mol. The molecule has 0 radical (unpaired) electrons. The van der Waals surface area contributed by atoms with Crippen molar-refractivity contribution < 1.29 is 4.74 Å². The van der Waals surface area contributed by atoms with Crippen LogP contribution in [0.15, 0.2) is 72.8 Å². The highest BCUT2D eigenvalue weighted by Gasteiger charge is 2.14. The van der Waals surface area contributed by atoms with Gasteiger partial charge in [0.05, 0.1) is 17.6 Å². The molecule has 0 amide bonds. The Hall–Kier alpha value is -2.78. The first-order valence-electron chi connectivity index (χ1n) is 10.3. The van der Waals surface area contributed by atoms with Gasteiger partial charge in [0, 0.05) is 11.4 Å². The quantitative estimate of drug-likeness (QED) is 0.350. The SMILES string of the molecule is CC(C)(C)c1ccc(OCCn2c(Cc3ccc(Cl)cc3)nc3ccccc32)cc1. The van der Waals surface area contributed by atoms with E-state index in [4.69, 9.17) is 21.3 Å². The van der Waals surface area contributed by atoms with Crippen molar-refractivity contribution in [2.45, 2.75) is 39.2 Å². The monoisotopic (exact) mass is 418 g/mol. The molecule has 0 aliphatic carbocycles. The molecule has 4 rings (SSSR count). The molecule has 0 aliphatic heterocycles. The molecular weight excluding hydrogens is 392 g/mol. The summed E-state index contributed by atoms with van der Waals surface area (Å²) in [4.78, 5) is 4.87. The second-order valence-electron chi connectivity index (χ2n) is 8.59. The Labute approximate surface area is 183 Å². The average molecular weight is 419 g/mol. The lowest BCUT2D eigenvalue weighted by atomic mass is 9.87. The van der Waals surface area contributed by atoms with E-state index < -0.39 is 0 Å². The maximum Gasteiger partial charge on any atom is 0.119 e. The molecule has 4 aromatic rings. The first-order valence-corrected chi connectivity index (χ1v) is 10.7. The van der Waals surface area contributed by atoms with Crippen LogP contribution in [0.3, 0.4) is 0 Å². The molecule has 154 valence electrons. The molecule has 30 heavy (non-hydrogen) atoms. The zero-order valence-electron chi connectivity index (χ0n) is 17.7. The van der Waals surface area contributed by atoms with Gasteiger partial charge in [-0.1, -0.05) is 68.8 Å². The number of halogens is 1. The molecule has 0 N–H and O–H groups in total. The van der Waals surface area contributed by atoms with Gasteiger partial charge < -0.3 is 9.30 Å². The van der Waals surface area contributed by atoms with Gasteiger partial charge in [0.15, 0.2) is 0 Å². The fourth-order valence-corrected chi connectivity index (χ4v) is 3.73. The summed E-state index contributed by atoms with van der Waals surface area (Å²) in [5.41, 5.74) is 4.78. The van der Waals surface area contributed by atoms with Gasteiger partial charge in [-0.25, -0.2) is 4.98 Å². The van der Waals surface area contributed by atoms with Crippen LogP contribution < -0.4 is 4.74 Å². The van der Waals surface area contributed by atoms with Crippen LogP contribution in [0.1, 0.15) is 37.7 Å². The third-order valence-corrected chi connectivity index (χ3v) is 5.57. The largest absolute Gasteiger partial charge is 0.492 e. The minimum absolute atomic E-state index is 0.144. The zero-order chi connectivity index (χ0) is 21.1. The smallest absolute Gasteiger partial charge is 0.119 e. The molecular formula is C26H27ClN2O. The van der Waals surface area contributed by atoms with Crippen molar-refractivity contribution in [3.8, 4) is 5.75 Å². The van der Waals surface area contributed by atoms with Crippen molar-refractivity contribution in [3.63, 3.8) is 0 Å². The van der Waals surface area contributed by atoms with E-state index in [0.717, 1.165) is 40.6 Å². The van der Waals surface area contributed by atoms with E-state index >= 15 is 0 Å². The van der Waals surface area contributed by atoms with Crippen LogP contribution in [0.5, 0.6) is 5.75 Å². The zero-order valence-corrected chi connectivity index (χ0v) is 18.5. The number of hydrogen-bond acceptors (Lipinski definition) is 2. The number of nitrogens with zero attached hydrogens (tertiary/aromatic N) is 2. The maximum atomic E-state index is 6.05. The lowest BCUT2D eigenvalue weighted by molar-refractivity contribution is 0.298. The molecule has 0 atom stereocenters. The van der Waals surface area contributed by atoms with E-state index in [-0.39, 0.29) is 5.41 Å². The van der Waals surface area contributed by atoms with Gasteiger partial charge in [0.2, 0.25) is 0 Å². The van der Waals surface area contributed by atoms with Crippen molar-refractivity contribution in [1.82, 2.24) is 9.55 Å². The molecule has 0 saturated heterocycles. The standard InChI is InChI=1S/C26H27ClN2O/c1-26(2,3)20-10-14-22(15-11-20)30-17-16-29-24-7-5-4-6-23(24)28-25(29)18-19-8-12-21(27)13-9-19/h4-15H,16-18H2,1-3H3. The third-order valence-electron chi connectivity index (χ3n) is 5.31. The molecule has 0 aliphatic rings. The highest BCUT2D eigenvalue weighted by molar-refractivity contribution is 6.30. The molecule has 3 aromatic carbocycles. The van der Waals surface area contributed by atoms with Crippen molar-refractivity contribution in [1.29, 1.82) is 0 Å². The number of para-hydroxylation sites is 2. The van der Waals surface area contributed by atoms with E-state index in [1.165, 1.54) is 11.1 Å². The predicted octanol–water partition coefficient (Wildman–Crippen LogP) is 6.66. The maximum absolute atomic E-state index is 6.05. The highest BCUT2D eigenvalue weighted by atomic mass is 35.5. The number of hydrogen-bond donors (Lipinski definition) is 0. The van der Waals surface area contributed by atoms with E-state index in [1.807, 2.05) is 18.2 Å². The molecule has 0 fully saturated rings. The number of fused-ring (bicyclic) bond motifs is 1. The summed E-state index contributed by atoms with van der Waals surface area (Å²) in [5, 5.41) is 0.748. The van der Waals surface area contributed by atoms with Gasteiger partial charge in [-0.05, 0) is 52.9 Å². The fourth-order valence-electron chi connectivity index (χ4n) is 3.60. The Morgan fingerprint density at radius 3 is 2.30 bits per heavy atom. The summed E-state index contributed by atoms with van der Waals surface area (Å²) in [6.07, 6.45) is 0.756. The summed E-state index contributed by atoms with van der Waals surface area (Å²) < 4.78 is 8.31. The van der Waals surface area contributed by atoms with Crippen LogP contribution in [0.25, 0.3) is 11.0 Å². The third kappa shape index (κ3) is 4.68. The Morgan fingerprint density at radius 2 is 1.60 bits per heavy atom. The van der Waals surface area contributed by atoms with Crippen LogP contribution in [-0.4, -0.2) is 16.2 Å². The molecule has 1 heterocycles. The normalized spacial score (nSPS) is 11.7. The molecule has 0 unspecified atom stereocenters. The van der Waals surface area contributed by atoms with Crippen LogP contribution in [-0.2, 0) is 18.4 Å². The van der Waals surface area contributed by atoms with Crippen molar-refractivity contribution >= 4 is 22.6 Å². The molecule has 3 nitrogen and oxygen atoms in total. The first-order chi connectivity index (χ1) is 14.4. The topological polar surface area (TPSA) is 27.1 Å². The number of rotatable bonds is 6. The Balaban J connectivity index is 1.51. The Bertz CT molecular complexity index is 1120. The minimum Gasteiger partial charge on any atom is -0.492 e. The molecule has 0 spiro atoms. The second-order valence-corrected chi connectivity index (χ2v) is 9.03. The lowest BCUT2D eigenvalue weighted by Crippen LogP contribution is -2.12. The van der Waals surface area contributed by atoms with Gasteiger partial charge in [-0.15, -0.1) is 0 Å². The van der Waals surface area contributed by atoms with Crippen molar-refractivity contribution in [3.05, 3.63) is 94.8 Å². The molecule has 0 bridgehead atoms. The van der Waals surface area contributed by atoms with Gasteiger partial charge >= 0.3 is 0 Å². The summed E-state index contributed by atoms with van der Waals surface area (Å²) in [6, 6.07) is 24.6. The first kappa shape index (κ1) is 20.5. The summed E-state index contributed by atoms with van der Waals surface area (Å²) >= 11 is 6.03. The summed E-state index contributed by atoms with van der Waals surface area (Å²) in [6.45, 7) is 7.98. The average Bonchev–Trinajstić information content (AvgIpc) is 3.07. The lowest BCUT2D eigenvalue weighted by Gasteiger charge is -2.19. The molecule has 4 heteroatoms. The van der Waals surface area contributed by atoms with E-state index in [2.05, 4.69) is 79.9 Å². The van der Waals surface area contributed by atoms with Crippen LogP contribution >= 0.6 is 11.6 Å². The van der Waals surface area contributed by atoms with Gasteiger partial charge in [0.25, 0.3) is 0 Å². The van der Waals surface area contributed by atoms with Crippen molar-refractivity contribution in [2.24, 2.45) is 0 Å². The number of aromatic nitrogens is 2. The summed E-state index contributed by atoms with van der Waals surface area (Å²) in [7, 11) is 0. The number of imidazole rings is 1.